The molecule has 0 nitrogen and oxygen atoms in total. The van der Waals surface area contributed by atoms with Gasteiger partial charge in [-0.1, -0.05) is 21.9 Å². The van der Waals surface area contributed by atoms with Crippen LogP contribution < -0.4 is 0 Å². The summed E-state index contributed by atoms with van der Waals surface area (Å²) >= 11 is 3.30. The van der Waals surface area contributed by atoms with E-state index in [-0.39, 0.29) is 26.0 Å². The fourth-order valence-electron chi connectivity index (χ4n) is 2.57. The van der Waals surface area contributed by atoms with Crippen molar-refractivity contribution in [3.05, 3.63) is 108 Å². The maximum absolute atomic E-state index is 4.73. The van der Waals surface area contributed by atoms with Gasteiger partial charge in [0.2, 0.25) is 0 Å². The number of halogens is 1. The zero-order valence-corrected chi connectivity index (χ0v) is 22.1. The van der Waals surface area contributed by atoms with Crippen molar-refractivity contribution >= 4 is 38.5 Å². The molecule has 3 aromatic carbocycles. The molecule has 0 saturated heterocycles. The minimum atomic E-state index is -0.111. The number of terminal acetylenes is 1. The van der Waals surface area contributed by atoms with Crippen molar-refractivity contribution in [2.75, 3.05) is 5.33 Å². The molecule has 26 heavy (non-hydrogen) atoms. The molecule has 0 aliphatic heterocycles. The Morgan fingerprint density at radius 1 is 0.769 bits per heavy atom. The second kappa shape index (κ2) is 10.9. The second-order valence-corrected chi connectivity index (χ2v) is 10.7. The van der Waals surface area contributed by atoms with Crippen LogP contribution in [-0.4, -0.2) is 27.9 Å². The maximum atomic E-state index is 4.73. The Labute approximate surface area is 178 Å². The van der Waals surface area contributed by atoms with E-state index in [1.54, 1.807) is 0 Å². The van der Waals surface area contributed by atoms with Crippen molar-refractivity contribution in [2.24, 2.45) is 0 Å². The summed E-state index contributed by atoms with van der Waals surface area (Å²) in [5.74, 6) is 9.32. The minimum absolute atomic E-state index is 0.111. The molecule has 0 aliphatic rings. The predicted octanol–water partition coefficient (Wildman–Crippen LogP) is 4.36. The van der Waals surface area contributed by atoms with Gasteiger partial charge in [-0.15, -0.1) is 6.42 Å². The quantitative estimate of drug-likeness (QED) is 0.275. The molecule has 0 fully saturated rings. The van der Waals surface area contributed by atoms with E-state index >= 15 is 0 Å². The third-order valence-electron chi connectivity index (χ3n) is 4.01. The number of hydrogen-bond donors (Lipinski definition) is 0. The molecule has 0 spiro atoms. The van der Waals surface area contributed by atoms with Gasteiger partial charge in [0, 0.05) is 0 Å². The van der Waals surface area contributed by atoms with Crippen molar-refractivity contribution in [1.29, 1.82) is 0 Å². The summed E-state index contributed by atoms with van der Waals surface area (Å²) in [7, 11) is 0. The van der Waals surface area contributed by atoms with Gasteiger partial charge in [-0.05, 0) is 0 Å². The number of rotatable bonds is 2. The fourth-order valence-corrected chi connectivity index (χ4v) is 4.83. The summed E-state index contributed by atoms with van der Waals surface area (Å²) in [5.41, 5.74) is 3.69. The van der Waals surface area contributed by atoms with E-state index in [0.29, 0.717) is 5.33 Å². The Morgan fingerprint density at radius 3 is 1.54 bits per heavy atom. The molecule has 0 amide bonds. The van der Waals surface area contributed by atoms with E-state index in [2.05, 4.69) is 106 Å². The first kappa shape index (κ1) is 20.4. The van der Waals surface area contributed by atoms with Gasteiger partial charge in [-0.25, -0.2) is 0 Å². The van der Waals surface area contributed by atoms with Crippen LogP contribution in [0.25, 0.3) is 0 Å². The van der Waals surface area contributed by atoms with Crippen LogP contribution in [-0.2, 0) is 3.43 Å². The average molecular weight is 508 g/mol. The van der Waals surface area contributed by atoms with Crippen molar-refractivity contribution in [3.8, 4) is 24.2 Å². The van der Waals surface area contributed by atoms with Crippen LogP contribution in [0.2, 0.25) is 0 Å². The molecule has 3 aromatic rings. The molecule has 0 heterocycles. The zero-order valence-electron chi connectivity index (χ0n) is 14.8. The number of alkyl halides is 1. The van der Waals surface area contributed by atoms with E-state index in [4.69, 9.17) is 6.42 Å². The standard InChI is InChI=1S/C21H15.C3H3Br.Sn.3H/c1-4-10-18(11-5-1)16-17-21(19-12-6-2-7-13-19)20-14-8-3-9-15-20;1-2-3-4;;;;/h1-15H;1H,3H2;;;;. The SMILES string of the molecule is C#CCBr.[SnH3][C](C#Cc1ccccc1)(c1ccccc1)c1ccccc1. The predicted molar refractivity (Wildman–Crippen MR) is 120 cm³/mol. The molecule has 0 saturated carbocycles. The molecule has 0 bridgehead atoms. The normalized spacial score (nSPS) is 9.85. The van der Waals surface area contributed by atoms with E-state index in [0.717, 1.165) is 5.56 Å². The van der Waals surface area contributed by atoms with Crippen molar-refractivity contribution in [1.82, 2.24) is 0 Å². The molecule has 0 aliphatic carbocycles. The Hall–Kier alpha value is -1.94. The summed E-state index contributed by atoms with van der Waals surface area (Å²) in [6.45, 7) is 0. The third-order valence-corrected chi connectivity index (χ3v) is 8.34. The fraction of sp³-hybridized carbons (Fsp3) is 0.0833. The molecular weight excluding hydrogens is 487 g/mol. The summed E-state index contributed by atoms with van der Waals surface area (Å²) in [5, 5.41) is 0.660. The summed E-state index contributed by atoms with van der Waals surface area (Å²) in [4.78, 5) is 0. The van der Waals surface area contributed by atoms with E-state index in [1.165, 1.54) is 11.1 Å². The van der Waals surface area contributed by atoms with Gasteiger partial charge in [0.05, 0.1) is 5.33 Å². The molecule has 2 heteroatoms. The average Bonchev–Trinajstić information content (AvgIpc) is 2.74. The number of hydrogen-bond acceptors (Lipinski definition) is 0. The molecule has 3 rings (SSSR count). The van der Waals surface area contributed by atoms with Crippen LogP contribution in [0.5, 0.6) is 0 Å². The first-order valence-corrected chi connectivity index (χ1v) is 12.4. The van der Waals surface area contributed by atoms with E-state index < -0.39 is 0 Å². The summed E-state index contributed by atoms with van der Waals surface area (Å²) in [6, 6.07) is 31.6. The first-order chi connectivity index (χ1) is 12.7. The van der Waals surface area contributed by atoms with Crippen molar-refractivity contribution in [3.63, 3.8) is 0 Å². The molecule has 0 aromatic heterocycles. The van der Waals surface area contributed by atoms with Gasteiger partial charge in [0.25, 0.3) is 0 Å². The third kappa shape index (κ3) is 5.80. The van der Waals surface area contributed by atoms with Crippen LogP contribution >= 0.6 is 15.9 Å². The molecule has 0 unspecified atom stereocenters. The Bertz CT molecular complexity index is 845. The molecular formula is C24H21BrSn. The summed E-state index contributed by atoms with van der Waals surface area (Å²) < 4.78 is -0.111. The Kier molecular flexibility index (Phi) is 8.55. The van der Waals surface area contributed by atoms with Crippen LogP contribution in [0.4, 0.5) is 0 Å². The molecule has 0 atom stereocenters. The molecule has 128 valence electrons. The van der Waals surface area contributed by atoms with Crippen molar-refractivity contribution in [2.45, 2.75) is 3.43 Å². The topological polar surface area (TPSA) is 0 Å². The van der Waals surface area contributed by atoms with Crippen molar-refractivity contribution < 1.29 is 0 Å². The van der Waals surface area contributed by atoms with Crippen LogP contribution in [0.3, 0.4) is 0 Å². The van der Waals surface area contributed by atoms with E-state index in [9.17, 15) is 0 Å². The zero-order chi connectivity index (χ0) is 18.7. The monoisotopic (exact) mass is 508 g/mol. The molecule has 0 N–H and O–H groups in total. The van der Waals surface area contributed by atoms with Crippen LogP contribution in [0, 0.1) is 24.2 Å². The molecule has 0 radical (unpaired) electrons. The number of benzene rings is 3. The van der Waals surface area contributed by atoms with Crippen LogP contribution in [0.15, 0.2) is 91.0 Å². The Balaban J connectivity index is 0.000000552. The summed E-state index contributed by atoms with van der Waals surface area (Å²) in [6.07, 6.45) is 4.73. The second-order valence-electron chi connectivity index (χ2n) is 5.81. The van der Waals surface area contributed by atoms with E-state index in [1.807, 2.05) is 18.2 Å². The first-order valence-electron chi connectivity index (χ1n) is 8.39. The van der Waals surface area contributed by atoms with Gasteiger partial charge < -0.3 is 0 Å². The van der Waals surface area contributed by atoms with Gasteiger partial charge in [0.15, 0.2) is 0 Å². The van der Waals surface area contributed by atoms with Crippen LogP contribution in [0.1, 0.15) is 16.7 Å². The van der Waals surface area contributed by atoms with Gasteiger partial charge >= 0.3 is 145 Å². The Morgan fingerprint density at radius 2 is 1.15 bits per heavy atom. The van der Waals surface area contributed by atoms with Gasteiger partial charge in [0.1, 0.15) is 0 Å². The van der Waals surface area contributed by atoms with Gasteiger partial charge in [-0.3, -0.25) is 0 Å². The van der Waals surface area contributed by atoms with Gasteiger partial charge in [-0.2, -0.15) is 0 Å².